The Labute approximate surface area is 155 Å². The van der Waals surface area contributed by atoms with Gasteiger partial charge in [-0.05, 0) is 37.1 Å². The molecule has 0 saturated carbocycles. The van der Waals surface area contributed by atoms with Crippen molar-refractivity contribution < 1.29 is 14.3 Å². The number of hydrazine groups is 1. The molecular formula is C17H29ClN4O3. The lowest BCUT2D eigenvalue weighted by Gasteiger charge is -2.13. The average Bonchev–Trinajstić information content (AvgIpc) is 3.11. The van der Waals surface area contributed by atoms with Crippen LogP contribution in [0.3, 0.4) is 0 Å². The van der Waals surface area contributed by atoms with Gasteiger partial charge in [0.05, 0.1) is 14.2 Å². The summed E-state index contributed by atoms with van der Waals surface area (Å²) in [6.07, 6.45) is 1.78. The van der Waals surface area contributed by atoms with Crippen molar-refractivity contribution in [1.82, 2.24) is 21.5 Å². The number of halogens is 1. The number of nitrogens with one attached hydrogen (secondary N) is 4. The zero-order valence-electron chi connectivity index (χ0n) is 15.1. The predicted molar refractivity (Wildman–Crippen MR) is 100 cm³/mol. The molecule has 0 spiro atoms. The zero-order valence-corrected chi connectivity index (χ0v) is 15.9. The van der Waals surface area contributed by atoms with E-state index in [1.54, 1.807) is 14.2 Å². The highest BCUT2D eigenvalue weighted by Gasteiger charge is 2.30. The minimum atomic E-state index is -0.241. The van der Waals surface area contributed by atoms with Crippen molar-refractivity contribution in [3.63, 3.8) is 0 Å². The second-order valence-corrected chi connectivity index (χ2v) is 5.78. The standard InChI is InChI=1S/C17H28N4O3.ClH/c1-4-7-18-8-9-19-17(22)14-11-13(20-21-14)12-5-6-15(23-2)16(10-12)24-3;/h5-6,10,13-14,18,20-21H,4,7-9,11H2,1-3H3,(H,19,22);1H. The SMILES string of the molecule is CCCNCCNC(=O)C1CC(c2ccc(OC)c(OC)c2)NN1.Cl. The first-order valence-electron chi connectivity index (χ1n) is 8.41. The molecular weight excluding hydrogens is 344 g/mol. The summed E-state index contributed by atoms with van der Waals surface area (Å²) in [6, 6.07) is 5.61. The Hall–Kier alpha value is -1.54. The fourth-order valence-corrected chi connectivity index (χ4v) is 2.72. The molecule has 1 aromatic carbocycles. The lowest BCUT2D eigenvalue weighted by Crippen LogP contribution is -2.44. The van der Waals surface area contributed by atoms with Crippen LogP contribution >= 0.6 is 12.4 Å². The molecule has 2 atom stereocenters. The molecule has 1 heterocycles. The average molecular weight is 373 g/mol. The van der Waals surface area contributed by atoms with E-state index in [9.17, 15) is 4.79 Å². The molecule has 0 aromatic heterocycles. The molecule has 2 rings (SSSR count). The van der Waals surface area contributed by atoms with Gasteiger partial charge in [-0.2, -0.15) is 0 Å². The molecule has 142 valence electrons. The van der Waals surface area contributed by atoms with E-state index in [1.165, 1.54) is 0 Å². The van der Waals surface area contributed by atoms with E-state index in [4.69, 9.17) is 9.47 Å². The number of hydrogen-bond donors (Lipinski definition) is 4. The van der Waals surface area contributed by atoms with Crippen molar-refractivity contribution in [3.8, 4) is 11.5 Å². The Morgan fingerprint density at radius 1 is 1.16 bits per heavy atom. The zero-order chi connectivity index (χ0) is 17.4. The molecule has 25 heavy (non-hydrogen) atoms. The quantitative estimate of drug-likeness (QED) is 0.487. The van der Waals surface area contributed by atoms with Gasteiger partial charge in [0.25, 0.3) is 0 Å². The van der Waals surface area contributed by atoms with E-state index in [0.717, 1.165) is 25.1 Å². The van der Waals surface area contributed by atoms with Gasteiger partial charge in [0.2, 0.25) is 5.91 Å². The summed E-state index contributed by atoms with van der Waals surface area (Å²) >= 11 is 0. The molecule has 1 fully saturated rings. The summed E-state index contributed by atoms with van der Waals surface area (Å²) < 4.78 is 10.6. The van der Waals surface area contributed by atoms with Gasteiger partial charge in [0.15, 0.2) is 11.5 Å². The van der Waals surface area contributed by atoms with Gasteiger partial charge < -0.3 is 20.1 Å². The smallest absolute Gasteiger partial charge is 0.238 e. The predicted octanol–water partition coefficient (Wildman–Crippen LogP) is 1.15. The first-order chi connectivity index (χ1) is 11.7. The van der Waals surface area contributed by atoms with Gasteiger partial charge in [-0.15, -0.1) is 12.4 Å². The van der Waals surface area contributed by atoms with Crippen LogP contribution in [0.4, 0.5) is 0 Å². The summed E-state index contributed by atoms with van der Waals surface area (Å²) in [5.74, 6) is 1.40. The van der Waals surface area contributed by atoms with Crippen LogP contribution in [0.2, 0.25) is 0 Å². The van der Waals surface area contributed by atoms with Gasteiger partial charge in [-0.1, -0.05) is 13.0 Å². The minimum absolute atomic E-state index is 0. The molecule has 1 aliphatic heterocycles. The molecule has 0 radical (unpaired) electrons. The van der Waals surface area contributed by atoms with E-state index in [1.807, 2.05) is 18.2 Å². The molecule has 7 nitrogen and oxygen atoms in total. The molecule has 8 heteroatoms. The Kier molecular flexibility index (Phi) is 9.59. The molecule has 0 bridgehead atoms. The van der Waals surface area contributed by atoms with Crippen LogP contribution in [0.5, 0.6) is 11.5 Å². The monoisotopic (exact) mass is 372 g/mol. The summed E-state index contributed by atoms with van der Waals surface area (Å²) in [4.78, 5) is 12.2. The number of rotatable bonds is 9. The summed E-state index contributed by atoms with van der Waals surface area (Å²) in [7, 11) is 3.23. The lowest BCUT2D eigenvalue weighted by molar-refractivity contribution is -0.122. The van der Waals surface area contributed by atoms with Crippen molar-refractivity contribution in [2.75, 3.05) is 33.9 Å². The Morgan fingerprint density at radius 3 is 2.60 bits per heavy atom. The topological polar surface area (TPSA) is 83.7 Å². The molecule has 1 saturated heterocycles. The highest BCUT2D eigenvalue weighted by Crippen LogP contribution is 2.32. The highest BCUT2D eigenvalue weighted by atomic mass is 35.5. The third kappa shape index (κ3) is 6.04. The van der Waals surface area contributed by atoms with Crippen LogP contribution in [-0.2, 0) is 4.79 Å². The van der Waals surface area contributed by atoms with Crippen LogP contribution in [0.15, 0.2) is 18.2 Å². The first-order valence-corrected chi connectivity index (χ1v) is 8.41. The van der Waals surface area contributed by atoms with Crippen molar-refractivity contribution >= 4 is 18.3 Å². The van der Waals surface area contributed by atoms with Gasteiger partial charge in [0.1, 0.15) is 6.04 Å². The number of methoxy groups -OCH3 is 2. The van der Waals surface area contributed by atoms with E-state index in [-0.39, 0.29) is 30.4 Å². The van der Waals surface area contributed by atoms with Gasteiger partial charge in [-0.3, -0.25) is 4.79 Å². The number of benzene rings is 1. The molecule has 1 aliphatic rings. The molecule has 1 aromatic rings. The summed E-state index contributed by atoms with van der Waals surface area (Å²) in [5, 5.41) is 6.21. The Bertz CT molecular complexity index is 545. The third-order valence-corrected chi connectivity index (χ3v) is 4.06. The van der Waals surface area contributed by atoms with E-state index >= 15 is 0 Å². The number of hydrogen-bond acceptors (Lipinski definition) is 6. The highest BCUT2D eigenvalue weighted by molar-refractivity contribution is 5.85. The molecule has 2 unspecified atom stereocenters. The van der Waals surface area contributed by atoms with Crippen molar-refractivity contribution in [2.24, 2.45) is 0 Å². The molecule has 0 aliphatic carbocycles. The third-order valence-electron chi connectivity index (χ3n) is 4.06. The normalized spacial score (nSPS) is 19.2. The maximum atomic E-state index is 12.2. The van der Waals surface area contributed by atoms with Crippen molar-refractivity contribution in [1.29, 1.82) is 0 Å². The fraction of sp³-hybridized carbons (Fsp3) is 0.588. The van der Waals surface area contributed by atoms with E-state index in [2.05, 4.69) is 28.4 Å². The van der Waals surface area contributed by atoms with E-state index < -0.39 is 0 Å². The maximum absolute atomic E-state index is 12.2. The van der Waals surface area contributed by atoms with E-state index in [0.29, 0.717) is 24.5 Å². The Morgan fingerprint density at radius 2 is 1.92 bits per heavy atom. The minimum Gasteiger partial charge on any atom is -0.493 e. The maximum Gasteiger partial charge on any atom is 0.238 e. The van der Waals surface area contributed by atoms with Gasteiger partial charge in [0, 0.05) is 19.1 Å². The fourth-order valence-electron chi connectivity index (χ4n) is 2.72. The number of amides is 1. The lowest BCUT2D eigenvalue weighted by atomic mass is 10.0. The van der Waals surface area contributed by atoms with Crippen LogP contribution in [0.1, 0.15) is 31.4 Å². The number of ether oxygens (including phenoxy) is 2. The van der Waals surface area contributed by atoms with Crippen molar-refractivity contribution in [2.45, 2.75) is 31.8 Å². The largest absolute Gasteiger partial charge is 0.493 e. The van der Waals surface area contributed by atoms with Gasteiger partial charge in [-0.25, -0.2) is 10.9 Å². The van der Waals surface area contributed by atoms with Crippen LogP contribution in [0.25, 0.3) is 0 Å². The van der Waals surface area contributed by atoms with Crippen molar-refractivity contribution in [3.05, 3.63) is 23.8 Å². The second-order valence-electron chi connectivity index (χ2n) is 5.78. The number of carbonyl (C=O) groups excluding carboxylic acids is 1. The summed E-state index contributed by atoms with van der Waals surface area (Å²) in [6.45, 7) is 4.52. The van der Waals surface area contributed by atoms with Crippen LogP contribution < -0.4 is 31.0 Å². The molecule has 4 N–H and O–H groups in total. The van der Waals surface area contributed by atoms with Crippen LogP contribution in [0, 0.1) is 0 Å². The van der Waals surface area contributed by atoms with Gasteiger partial charge >= 0.3 is 0 Å². The second kappa shape index (κ2) is 11.1. The Balaban J connectivity index is 0.00000312. The number of carbonyl (C=O) groups is 1. The summed E-state index contributed by atoms with van der Waals surface area (Å²) in [5.41, 5.74) is 7.30. The van der Waals surface area contributed by atoms with Crippen LogP contribution in [-0.4, -0.2) is 45.8 Å². The first kappa shape index (κ1) is 21.5. The molecule has 1 amide bonds.